The number of rotatable bonds is 6. The maximum absolute atomic E-state index is 12.2. The summed E-state index contributed by atoms with van der Waals surface area (Å²) in [5.74, 6) is 0.637. The Kier molecular flexibility index (Phi) is 5.23. The first kappa shape index (κ1) is 15.8. The Bertz CT molecular complexity index is 459. The molecule has 1 fully saturated rings. The van der Waals surface area contributed by atoms with Gasteiger partial charge in [0, 0.05) is 25.6 Å². The van der Waals surface area contributed by atoms with Gasteiger partial charge < -0.3 is 15.3 Å². The number of hydrogen-bond acceptors (Lipinski definition) is 2. The summed E-state index contributed by atoms with van der Waals surface area (Å²) in [5, 5.41) is 12.9. The van der Waals surface area contributed by atoms with Crippen molar-refractivity contribution in [3.63, 3.8) is 0 Å². The van der Waals surface area contributed by atoms with Crippen molar-refractivity contribution in [2.45, 2.75) is 44.8 Å². The Balaban J connectivity index is 1.83. The molecule has 0 saturated heterocycles. The second-order valence-electron chi connectivity index (χ2n) is 6.22. The number of aliphatic hydroxyl groups is 1. The highest BCUT2D eigenvalue weighted by Crippen LogP contribution is 2.32. The van der Waals surface area contributed by atoms with Gasteiger partial charge in [0.05, 0.1) is 6.10 Å². The molecule has 0 radical (unpaired) electrons. The number of carbonyl (C=O) groups is 1. The lowest BCUT2D eigenvalue weighted by atomic mass is 9.94. The van der Waals surface area contributed by atoms with E-state index in [-0.39, 0.29) is 24.1 Å². The molecule has 1 aromatic rings. The molecule has 1 saturated carbocycles. The van der Waals surface area contributed by atoms with Gasteiger partial charge >= 0.3 is 6.03 Å². The van der Waals surface area contributed by atoms with Crippen LogP contribution in [0, 0.1) is 5.92 Å². The number of nitrogens with one attached hydrogen (secondary N) is 1. The second kappa shape index (κ2) is 6.94. The molecule has 2 amide bonds. The fourth-order valence-corrected chi connectivity index (χ4v) is 2.47. The van der Waals surface area contributed by atoms with E-state index in [1.165, 1.54) is 5.56 Å². The van der Waals surface area contributed by atoms with Crippen LogP contribution < -0.4 is 5.32 Å². The lowest BCUT2D eigenvalue weighted by Crippen LogP contribution is -2.46. The van der Waals surface area contributed by atoms with Crippen molar-refractivity contribution in [1.82, 2.24) is 10.2 Å². The van der Waals surface area contributed by atoms with E-state index in [1.54, 1.807) is 11.9 Å². The van der Waals surface area contributed by atoms with Crippen molar-refractivity contribution >= 4 is 6.03 Å². The first-order valence-corrected chi connectivity index (χ1v) is 7.73. The van der Waals surface area contributed by atoms with Crippen LogP contribution in [0.2, 0.25) is 0 Å². The van der Waals surface area contributed by atoms with Crippen molar-refractivity contribution in [1.29, 1.82) is 0 Å². The quantitative estimate of drug-likeness (QED) is 0.846. The van der Waals surface area contributed by atoms with E-state index < -0.39 is 0 Å². The minimum absolute atomic E-state index is 0.0421. The Hall–Kier alpha value is -1.55. The summed E-state index contributed by atoms with van der Waals surface area (Å²) in [7, 11) is 1.74. The van der Waals surface area contributed by atoms with E-state index in [0.717, 1.165) is 12.8 Å². The van der Waals surface area contributed by atoms with Gasteiger partial charge in [0.25, 0.3) is 0 Å². The van der Waals surface area contributed by atoms with E-state index >= 15 is 0 Å². The van der Waals surface area contributed by atoms with Gasteiger partial charge in [-0.05, 0) is 31.2 Å². The molecule has 21 heavy (non-hydrogen) atoms. The van der Waals surface area contributed by atoms with E-state index in [9.17, 15) is 9.90 Å². The van der Waals surface area contributed by atoms with Gasteiger partial charge in [0.15, 0.2) is 0 Å². The van der Waals surface area contributed by atoms with Gasteiger partial charge in [0.1, 0.15) is 0 Å². The van der Waals surface area contributed by atoms with Crippen LogP contribution in [0.5, 0.6) is 0 Å². The molecule has 2 rings (SSSR count). The van der Waals surface area contributed by atoms with E-state index in [1.807, 2.05) is 25.1 Å². The van der Waals surface area contributed by atoms with Crippen LogP contribution in [-0.4, -0.2) is 41.8 Å². The topological polar surface area (TPSA) is 52.6 Å². The molecular formula is C17H26N2O2. The average Bonchev–Trinajstić information content (AvgIpc) is 3.31. The Labute approximate surface area is 127 Å². The number of hydrogen-bond donors (Lipinski definition) is 2. The zero-order valence-electron chi connectivity index (χ0n) is 13.1. The molecule has 3 atom stereocenters. The molecule has 1 aliphatic carbocycles. The van der Waals surface area contributed by atoms with Crippen LogP contribution in [0.3, 0.4) is 0 Å². The number of urea groups is 1. The molecule has 3 unspecified atom stereocenters. The monoisotopic (exact) mass is 290 g/mol. The van der Waals surface area contributed by atoms with Crippen LogP contribution in [0.15, 0.2) is 30.3 Å². The first-order chi connectivity index (χ1) is 9.99. The van der Waals surface area contributed by atoms with Crippen molar-refractivity contribution < 1.29 is 9.90 Å². The number of amides is 2. The third-order valence-electron chi connectivity index (χ3n) is 4.40. The summed E-state index contributed by atoms with van der Waals surface area (Å²) < 4.78 is 0. The zero-order valence-corrected chi connectivity index (χ0v) is 13.1. The molecule has 116 valence electrons. The van der Waals surface area contributed by atoms with Crippen molar-refractivity contribution in [2.24, 2.45) is 5.92 Å². The van der Waals surface area contributed by atoms with Gasteiger partial charge in [0.2, 0.25) is 0 Å². The summed E-state index contributed by atoms with van der Waals surface area (Å²) in [6.07, 6.45) is 1.78. The highest BCUT2D eigenvalue weighted by atomic mass is 16.3. The molecule has 2 N–H and O–H groups in total. The van der Waals surface area contributed by atoms with Crippen LogP contribution in [0.1, 0.15) is 38.2 Å². The molecular weight excluding hydrogens is 264 g/mol. The minimum atomic E-state index is -0.386. The largest absolute Gasteiger partial charge is 0.391 e. The van der Waals surface area contributed by atoms with Crippen LogP contribution in [-0.2, 0) is 0 Å². The standard InChI is InChI=1S/C17H26N2O2/c1-12(14-7-5-4-6-8-14)13(2)18-17(21)19(3)11-16(20)15-9-10-15/h4-8,12-13,15-16,20H,9-11H2,1-3H3,(H,18,21). The Morgan fingerprint density at radius 2 is 1.95 bits per heavy atom. The fraction of sp³-hybridized carbons (Fsp3) is 0.588. The van der Waals surface area contributed by atoms with Crippen LogP contribution in [0.25, 0.3) is 0 Å². The highest BCUT2D eigenvalue weighted by molar-refractivity contribution is 5.74. The second-order valence-corrected chi connectivity index (χ2v) is 6.22. The highest BCUT2D eigenvalue weighted by Gasteiger charge is 2.31. The number of carbonyl (C=O) groups excluding carboxylic acids is 1. The maximum atomic E-state index is 12.2. The summed E-state index contributed by atoms with van der Waals surface area (Å²) in [6, 6.07) is 10.1. The average molecular weight is 290 g/mol. The van der Waals surface area contributed by atoms with E-state index in [0.29, 0.717) is 12.5 Å². The maximum Gasteiger partial charge on any atom is 0.317 e. The summed E-state index contributed by atoms with van der Waals surface area (Å²) in [5.41, 5.74) is 1.21. The van der Waals surface area contributed by atoms with Gasteiger partial charge in [-0.15, -0.1) is 0 Å². The molecule has 0 bridgehead atoms. The number of likely N-dealkylation sites (N-methyl/N-ethyl adjacent to an activating group) is 1. The lowest BCUT2D eigenvalue weighted by molar-refractivity contribution is 0.112. The van der Waals surface area contributed by atoms with Gasteiger partial charge in [-0.1, -0.05) is 37.3 Å². The molecule has 0 spiro atoms. The first-order valence-electron chi connectivity index (χ1n) is 7.73. The fourth-order valence-electron chi connectivity index (χ4n) is 2.47. The molecule has 1 aromatic carbocycles. The van der Waals surface area contributed by atoms with Crippen molar-refractivity contribution in [2.75, 3.05) is 13.6 Å². The Morgan fingerprint density at radius 1 is 1.33 bits per heavy atom. The van der Waals surface area contributed by atoms with Crippen molar-refractivity contribution in [3.8, 4) is 0 Å². The van der Waals surface area contributed by atoms with Gasteiger partial charge in [-0.25, -0.2) is 4.79 Å². The molecule has 4 heteroatoms. The summed E-state index contributed by atoms with van der Waals surface area (Å²) >= 11 is 0. The molecule has 0 heterocycles. The normalized spacial score (nSPS) is 18.7. The summed E-state index contributed by atoms with van der Waals surface area (Å²) in [6.45, 7) is 4.53. The number of nitrogens with zero attached hydrogens (tertiary/aromatic N) is 1. The predicted octanol–water partition coefficient (Wildman–Crippen LogP) is 2.59. The molecule has 0 aromatic heterocycles. The molecule has 1 aliphatic rings. The lowest BCUT2D eigenvalue weighted by Gasteiger charge is -2.26. The minimum Gasteiger partial charge on any atom is -0.391 e. The number of benzene rings is 1. The summed E-state index contributed by atoms with van der Waals surface area (Å²) in [4.78, 5) is 13.8. The van der Waals surface area contributed by atoms with Gasteiger partial charge in [-0.2, -0.15) is 0 Å². The molecule has 4 nitrogen and oxygen atoms in total. The van der Waals surface area contributed by atoms with Gasteiger partial charge in [-0.3, -0.25) is 0 Å². The number of aliphatic hydroxyl groups excluding tert-OH is 1. The van der Waals surface area contributed by atoms with Crippen molar-refractivity contribution in [3.05, 3.63) is 35.9 Å². The van der Waals surface area contributed by atoms with Crippen LogP contribution in [0.4, 0.5) is 4.79 Å². The predicted molar refractivity (Wildman–Crippen MR) is 84.2 cm³/mol. The molecule has 0 aliphatic heterocycles. The third-order valence-corrected chi connectivity index (χ3v) is 4.40. The smallest absolute Gasteiger partial charge is 0.317 e. The van der Waals surface area contributed by atoms with E-state index in [4.69, 9.17) is 0 Å². The third kappa shape index (κ3) is 4.46. The zero-order chi connectivity index (χ0) is 15.4. The van der Waals surface area contributed by atoms with E-state index in [2.05, 4.69) is 24.4 Å². The van der Waals surface area contributed by atoms with Crippen LogP contribution >= 0.6 is 0 Å². The SMILES string of the molecule is CC(NC(=O)N(C)CC(O)C1CC1)C(C)c1ccccc1. The Morgan fingerprint density at radius 3 is 2.52 bits per heavy atom.